The van der Waals surface area contributed by atoms with Crippen LogP contribution in [0.3, 0.4) is 0 Å². The van der Waals surface area contributed by atoms with Gasteiger partial charge in [-0.2, -0.15) is 0 Å². The van der Waals surface area contributed by atoms with Crippen LogP contribution in [0.5, 0.6) is 17.2 Å². The number of amides is 1. The fourth-order valence-corrected chi connectivity index (χ4v) is 2.43. The first kappa shape index (κ1) is 17.9. The minimum absolute atomic E-state index is 0.249. The zero-order valence-corrected chi connectivity index (χ0v) is 14.7. The summed E-state index contributed by atoms with van der Waals surface area (Å²) in [6.45, 7) is 1.86. The van der Waals surface area contributed by atoms with Crippen molar-refractivity contribution in [1.29, 1.82) is 0 Å². The van der Waals surface area contributed by atoms with E-state index in [9.17, 15) is 4.79 Å². The molecule has 0 aliphatic rings. The van der Waals surface area contributed by atoms with Gasteiger partial charge in [-0.25, -0.2) is 4.98 Å². The van der Waals surface area contributed by atoms with E-state index < -0.39 is 0 Å². The standard InChI is InChI=1S/C17H19ClN2O4/c1-10(20-17(21)11-5-6-19-15(18)9-11)12-7-13(22-2)16(24-4)14(8-12)23-3/h5-10H,1-4H3,(H,20,21). The van der Waals surface area contributed by atoms with Gasteiger partial charge in [-0.3, -0.25) is 4.79 Å². The second-order valence-electron chi connectivity index (χ2n) is 5.02. The Morgan fingerprint density at radius 3 is 2.25 bits per heavy atom. The molecule has 1 heterocycles. The van der Waals surface area contributed by atoms with Crippen LogP contribution in [0.15, 0.2) is 30.5 Å². The van der Waals surface area contributed by atoms with E-state index in [0.717, 1.165) is 5.56 Å². The van der Waals surface area contributed by atoms with Crippen molar-refractivity contribution in [3.05, 3.63) is 46.7 Å². The van der Waals surface area contributed by atoms with Gasteiger partial charge >= 0.3 is 0 Å². The fraction of sp³-hybridized carbons (Fsp3) is 0.294. The Balaban J connectivity index is 2.26. The van der Waals surface area contributed by atoms with Crippen LogP contribution < -0.4 is 19.5 Å². The Morgan fingerprint density at radius 1 is 1.12 bits per heavy atom. The van der Waals surface area contributed by atoms with E-state index in [1.807, 2.05) is 6.92 Å². The number of nitrogens with zero attached hydrogens (tertiary/aromatic N) is 1. The molecule has 0 spiro atoms. The number of carbonyl (C=O) groups is 1. The summed E-state index contributed by atoms with van der Waals surface area (Å²) in [6.07, 6.45) is 1.49. The summed E-state index contributed by atoms with van der Waals surface area (Å²) in [6, 6.07) is 6.43. The van der Waals surface area contributed by atoms with Crippen LogP contribution >= 0.6 is 11.6 Å². The molecular formula is C17H19ClN2O4. The Morgan fingerprint density at radius 2 is 1.75 bits per heavy atom. The highest BCUT2D eigenvalue weighted by Crippen LogP contribution is 2.39. The predicted octanol–water partition coefficient (Wildman–Crippen LogP) is 3.25. The van der Waals surface area contributed by atoms with Gasteiger partial charge in [0.1, 0.15) is 5.15 Å². The molecule has 0 bridgehead atoms. The van der Waals surface area contributed by atoms with E-state index in [0.29, 0.717) is 22.8 Å². The number of rotatable bonds is 6. The zero-order chi connectivity index (χ0) is 17.7. The Labute approximate surface area is 145 Å². The van der Waals surface area contributed by atoms with Crippen LogP contribution in [0.2, 0.25) is 5.15 Å². The normalized spacial score (nSPS) is 11.5. The number of aromatic nitrogens is 1. The molecule has 0 aliphatic carbocycles. The minimum Gasteiger partial charge on any atom is -0.493 e. The van der Waals surface area contributed by atoms with Crippen LogP contribution in [0, 0.1) is 0 Å². The molecule has 1 aromatic carbocycles. The van der Waals surface area contributed by atoms with Crippen LogP contribution in [0.4, 0.5) is 0 Å². The van der Waals surface area contributed by atoms with Gasteiger partial charge in [0.25, 0.3) is 5.91 Å². The van der Waals surface area contributed by atoms with Gasteiger partial charge in [0.05, 0.1) is 27.4 Å². The van der Waals surface area contributed by atoms with Crippen LogP contribution in [-0.2, 0) is 0 Å². The van der Waals surface area contributed by atoms with E-state index in [4.69, 9.17) is 25.8 Å². The highest BCUT2D eigenvalue weighted by molar-refractivity contribution is 6.29. The molecule has 0 saturated carbocycles. The first-order valence-corrected chi connectivity index (χ1v) is 7.60. The lowest BCUT2D eigenvalue weighted by Crippen LogP contribution is -2.26. The van der Waals surface area contributed by atoms with Crippen molar-refractivity contribution in [2.75, 3.05) is 21.3 Å². The number of halogens is 1. The van der Waals surface area contributed by atoms with Crippen molar-refractivity contribution in [3.8, 4) is 17.2 Å². The number of benzene rings is 1. The maximum Gasteiger partial charge on any atom is 0.251 e. The average Bonchev–Trinajstić information content (AvgIpc) is 2.60. The maximum atomic E-state index is 12.3. The third-order valence-corrected chi connectivity index (χ3v) is 3.73. The molecule has 1 amide bonds. The lowest BCUT2D eigenvalue weighted by Gasteiger charge is -2.19. The monoisotopic (exact) mass is 350 g/mol. The van der Waals surface area contributed by atoms with Gasteiger partial charge in [0, 0.05) is 11.8 Å². The molecule has 24 heavy (non-hydrogen) atoms. The Bertz CT molecular complexity index is 711. The molecule has 0 aliphatic heterocycles. The predicted molar refractivity (Wildman–Crippen MR) is 91.2 cm³/mol. The number of nitrogens with one attached hydrogen (secondary N) is 1. The number of ether oxygens (including phenoxy) is 3. The summed E-state index contributed by atoms with van der Waals surface area (Å²) in [4.78, 5) is 16.2. The van der Waals surface area contributed by atoms with Crippen LogP contribution in [-0.4, -0.2) is 32.2 Å². The van der Waals surface area contributed by atoms with Crippen molar-refractivity contribution in [2.45, 2.75) is 13.0 Å². The first-order chi connectivity index (χ1) is 11.5. The lowest BCUT2D eigenvalue weighted by molar-refractivity contribution is 0.0939. The number of hydrogen-bond acceptors (Lipinski definition) is 5. The second kappa shape index (κ2) is 7.88. The second-order valence-corrected chi connectivity index (χ2v) is 5.41. The highest BCUT2D eigenvalue weighted by Gasteiger charge is 2.18. The lowest BCUT2D eigenvalue weighted by atomic mass is 10.1. The van der Waals surface area contributed by atoms with Gasteiger partial charge in [-0.05, 0) is 36.8 Å². The summed E-state index contributed by atoms with van der Waals surface area (Å²) in [5.41, 5.74) is 1.26. The number of pyridine rings is 1. The molecule has 0 saturated heterocycles. The third-order valence-electron chi connectivity index (χ3n) is 3.52. The Hall–Kier alpha value is -2.47. The summed E-state index contributed by atoms with van der Waals surface area (Å²) in [5.74, 6) is 1.31. The van der Waals surface area contributed by atoms with Gasteiger partial charge in [0.15, 0.2) is 11.5 Å². The van der Waals surface area contributed by atoms with Crippen molar-refractivity contribution >= 4 is 17.5 Å². The molecule has 0 radical (unpaired) electrons. The number of methoxy groups -OCH3 is 3. The topological polar surface area (TPSA) is 69.7 Å². The number of carbonyl (C=O) groups excluding carboxylic acids is 1. The molecule has 128 valence electrons. The van der Waals surface area contributed by atoms with Crippen molar-refractivity contribution in [1.82, 2.24) is 10.3 Å². The van der Waals surface area contributed by atoms with Crippen LogP contribution in [0.25, 0.3) is 0 Å². The molecule has 2 aromatic rings. The number of hydrogen-bond donors (Lipinski definition) is 1. The molecule has 6 nitrogen and oxygen atoms in total. The van der Waals surface area contributed by atoms with E-state index >= 15 is 0 Å². The third kappa shape index (κ3) is 3.89. The van der Waals surface area contributed by atoms with Crippen molar-refractivity contribution < 1.29 is 19.0 Å². The van der Waals surface area contributed by atoms with E-state index in [2.05, 4.69) is 10.3 Å². The van der Waals surface area contributed by atoms with E-state index in [-0.39, 0.29) is 17.1 Å². The largest absolute Gasteiger partial charge is 0.493 e. The molecule has 7 heteroatoms. The first-order valence-electron chi connectivity index (χ1n) is 7.22. The quantitative estimate of drug-likeness (QED) is 0.810. The minimum atomic E-state index is -0.279. The van der Waals surface area contributed by atoms with E-state index in [1.165, 1.54) is 12.3 Å². The van der Waals surface area contributed by atoms with Gasteiger partial charge in [0.2, 0.25) is 5.75 Å². The SMILES string of the molecule is COc1cc(C(C)NC(=O)c2ccnc(Cl)c2)cc(OC)c1OC. The van der Waals surface area contributed by atoms with E-state index in [1.54, 1.807) is 39.5 Å². The van der Waals surface area contributed by atoms with Gasteiger partial charge in [-0.1, -0.05) is 11.6 Å². The summed E-state index contributed by atoms with van der Waals surface area (Å²) in [5, 5.41) is 3.17. The zero-order valence-electron chi connectivity index (χ0n) is 13.9. The smallest absolute Gasteiger partial charge is 0.251 e. The Kier molecular flexibility index (Phi) is 5.87. The van der Waals surface area contributed by atoms with Crippen molar-refractivity contribution in [2.24, 2.45) is 0 Å². The molecular weight excluding hydrogens is 332 g/mol. The summed E-state index contributed by atoms with van der Waals surface area (Å²) < 4.78 is 16.0. The molecule has 1 aromatic heterocycles. The highest BCUT2D eigenvalue weighted by atomic mass is 35.5. The molecule has 1 N–H and O–H groups in total. The van der Waals surface area contributed by atoms with Crippen molar-refractivity contribution in [3.63, 3.8) is 0 Å². The average molecular weight is 351 g/mol. The maximum absolute atomic E-state index is 12.3. The molecule has 2 rings (SSSR count). The van der Waals surface area contributed by atoms with Crippen LogP contribution in [0.1, 0.15) is 28.9 Å². The van der Waals surface area contributed by atoms with Gasteiger partial charge < -0.3 is 19.5 Å². The van der Waals surface area contributed by atoms with Gasteiger partial charge in [-0.15, -0.1) is 0 Å². The molecule has 1 atom stereocenters. The molecule has 1 unspecified atom stereocenters. The summed E-state index contributed by atoms with van der Waals surface area (Å²) in [7, 11) is 4.63. The summed E-state index contributed by atoms with van der Waals surface area (Å²) >= 11 is 5.82. The fourth-order valence-electron chi connectivity index (χ4n) is 2.26. The molecule has 0 fully saturated rings.